The molecule has 0 amide bonds. The Morgan fingerprint density at radius 2 is 2.05 bits per heavy atom. The average molecular weight is 335 g/mol. The normalized spacial score (nSPS) is 18.8. The molecule has 0 spiro atoms. The first kappa shape index (κ1) is 17.0. The molecule has 0 saturated carbocycles. The Balaban J connectivity index is 1.97. The summed E-state index contributed by atoms with van der Waals surface area (Å²) in [6, 6.07) is 3.23. The van der Waals surface area contributed by atoms with Gasteiger partial charge in [-0.1, -0.05) is 18.5 Å². The molecule has 1 unspecified atom stereocenters. The molecule has 0 saturated heterocycles. The molecule has 1 aliphatic rings. The zero-order chi connectivity index (χ0) is 16.2. The van der Waals surface area contributed by atoms with Crippen LogP contribution in [0.5, 0.6) is 0 Å². The highest BCUT2D eigenvalue weighted by Crippen LogP contribution is 2.33. The Bertz CT molecular complexity index is 543. The van der Waals surface area contributed by atoms with Gasteiger partial charge in [-0.2, -0.15) is 13.2 Å². The van der Waals surface area contributed by atoms with Gasteiger partial charge in [0.25, 0.3) is 0 Å². The predicted molar refractivity (Wildman–Crippen MR) is 81.8 cm³/mol. The molecule has 1 aromatic rings. The molecule has 1 aromatic carbocycles. The molecule has 0 aromatic heterocycles. The summed E-state index contributed by atoms with van der Waals surface area (Å²) in [5, 5.41) is 0.246. The third kappa shape index (κ3) is 4.55. The fourth-order valence-corrected chi connectivity index (χ4v) is 2.59. The van der Waals surface area contributed by atoms with E-state index in [1.54, 1.807) is 0 Å². The number of benzene rings is 1. The monoisotopic (exact) mass is 334 g/mol. The summed E-state index contributed by atoms with van der Waals surface area (Å²) in [6.07, 6.45) is -0.304. The van der Waals surface area contributed by atoms with E-state index in [2.05, 4.69) is 23.9 Å². The summed E-state index contributed by atoms with van der Waals surface area (Å²) in [5.74, 6) is 0. The number of anilines is 1. The number of quaternary nitrogens is 1. The van der Waals surface area contributed by atoms with E-state index in [9.17, 15) is 13.2 Å². The maximum absolute atomic E-state index is 12.7. The first-order valence-corrected chi connectivity index (χ1v) is 7.69. The molecule has 1 aliphatic heterocycles. The molecular weight excluding hydrogens is 315 g/mol. The molecule has 1 heterocycles. The maximum Gasteiger partial charge on any atom is 0.416 e. The second-order valence-electron chi connectivity index (χ2n) is 5.38. The van der Waals surface area contributed by atoms with E-state index in [0.29, 0.717) is 0 Å². The van der Waals surface area contributed by atoms with Crippen molar-refractivity contribution < 1.29 is 18.1 Å². The van der Waals surface area contributed by atoms with Gasteiger partial charge in [0.15, 0.2) is 0 Å². The number of nitrogens with one attached hydrogen (secondary N) is 3. The molecule has 2 rings (SSSR count). The van der Waals surface area contributed by atoms with Crippen LogP contribution in [0, 0.1) is 0 Å². The standard InChI is InChI=1S/C15H19ClF3N3/c1-2-7-22-8-5-12(6-9-22)20-21-14-10-11(15(17,18)19)3-4-13(14)16/h3-5,10,20-21H,2,6-9H2,1H3/p+1. The smallest absolute Gasteiger partial charge is 0.331 e. The highest BCUT2D eigenvalue weighted by Gasteiger charge is 2.31. The van der Waals surface area contributed by atoms with Crippen molar-refractivity contribution in [1.29, 1.82) is 0 Å². The highest BCUT2D eigenvalue weighted by molar-refractivity contribution is 6.33. The van der Waals surface area contributed by atoms with Gasteiger partial charge >= 0.3 is 6.18 Å². The zero-order valence-corrected chi connectivity index (χ0v) is 13.1. The topological polar surface area (TPSA) is 28.5 Å². The molecule has 1 atom stereocenters. The largest absolute Gasteiger partial charge is 0.416 e. The minimum absolute atomic E-state index is 0.223. The van der Waals surface area contributed by atoms with Crippen molar-refractivity contribution in [1.82, 2.24) is 5.43 Å². The molecule has 0 radical (unpaired) electrons. The molecule has 0 aliphatic carbocycles. The summed E-state index contributed by atoms with van der Waals surface area (Å²) in [5.41, 5.74) is 6.23. The number of hydrazine groups is 1. The van der Waals surface area contributed by atoms with Crippen LogP contribution in [0.2, 0.25) is 5.02 Å². The van der Waals surface area contributed by atoms with E-state index >= 15 is 0 Å². The molecule has 0 fully saturated rings. The lowest BCUT2D eigenvalue weighted by molar-refractivity contribution is -0.895. The molecule has 3 nitrogen and oxygen atoms in total. The van der Waals surface area contributed by atoms with Crippen molar-refractivity contribution in [3.63, 3.8) is 0 Å². The van der Waals surface area contributed by atoms with Crippen molar-refractivity contribution in [3.05, 3.63) is 40.6 Å². The van der Waals surface area contributed by atoms with E-state index in [4.69, 9.17) is 11.6 Å². The van der Waals surface area contributed by atoms with Gasteiger partial charge in [0, 0.05) is 12.1 Å². The fourth-order valence-electron chi connectivity index (χ4n) is 2.42. The van der Waals surface area contributed by atoms with Gasteiger partial charge in [0.05, 0.1) is 35.9 Å². The van der Waals surface area contributed by atoms with Crippen LogP contribution < -0.4 is 15.8 Å². The van der Waals surface area contributed by atoms with Crippen molar-refractivity contribution in [2.45, 2.75) is 25.9 Å². The number of alkyl halides is 3. The molecule has 7 heteroatoms. The summed E-state index contributed by atoms with van der Waals surface area (Å²) < 4.78 is 38.1. The lowest BCUT2D eigenvalue weighted by atomic mass is 10.2. The highest BCUT2D eigenvalue weighted by atomic mass is 35.5. The summed E-state index contributed by atoms with van der Waals surface area (Å²) >= 11 is 5.93. The Morgan fingerprint density at radius 3 is 2.64 bits per heavy atom. The quantitative estimate of drug-likeness (QED) is 0.723. The lowest BCUT2D eigenvalue weighted by Crippen LogP contribution is -3.12. The van der Waals surface area contributed by atoms with Crippen LogP contribution in [-0.4, -0.2) is 19.6 Å². The Morgan fingerprint density at radius 1 is 1.27 bits per heavy atom. The molecular formula is C15H20ClF3N3+. The SMILES string of the molecule is CCC[NH+]1CC=C(NNc2cc(C(F)(F)F)ccc2Cl)CC1. The average Bonchev–Trinajstić information content (AvgIpc) is 2.47. The van der Waals surface area contributed by atoms with E-state index in [1.807, 2.05) is 0 Å². The minimum atomic E-state index is -4.38. The maximum atomic E-state index is 12.7. The summed E-state index contributed by atoms with van der Waals surface area (Å²) in [6.45, 7) is 5.23. The van der Waals surface area contributed by atoms with Crippen LogP contribution in [0.25, 0.3) is 0 Å². The lowest BCUT2D eigenvalue weighted by Gasteiger charge is -2.24. The summed E-state index contributed by atoms with van der Waals surface area (Å²) in [4.78, 5) is 1.52. The fraction of sp³-hybridized carbons (Fsp3) is 0.467. The third-order valence-corrected chi connectivity index (χ3v) is 3.97. The van der Waals surface area contributed by atoms with Crippen LogP contribution in [0.15, 0.2) is 30.0 Å². The van der Waals surface area contributed by atoms with Gasteiger partial charge in [-0.3, -0.25) is 5.43 Å². The van der Waals surface area contributed by atoms with Gasteiger partial charge in [-0.25, -0.2) is 0 Å². The zero-order valence-electron chi connectivity index (χ0n) is 12.4. The Labute approximate surface area is 133 Å². The van der Waals surface area contributed by atoms with E-state index in [0.717, 1.165) is 50.3 Å². The number of hydrogen-bond acceptors (Lipinski definition) is 2. The van der Waals surface area contributed by atoms with E-state index < -0.39 is 11.7 Å². The van der Waals surface area contributed by atoms with Crippen molar-refractivity contribution in [2.75, 3.05) is 25.1 Å². The molecule has 122 valence electrons. The molecule has 22 heavy (non-hydrogen) atoms. The van der Waals surface area contributed by atoms with Crippen LogP contribution in [0.4, 0.5) is 18.9 Å². The van der Waals surface area contributed by atoms with Gasteiger partial charge in [-0.05, 0) is 30.7 Å². The second-order valence-corrected chi connectivity index (χ2v) is 5.78. The molecule has 0 bridgehead atoms. The Kier molecular flexibility index (Phi) is 5.58. The van der Waals surface area contributed by atoms with Gasteiger partial charge in [0.1, 0.15) is 0 Å². The van der Waals surface area contributed by atoms with E-state index in [-0.39, 0.29) is 10.7 Å². The van der Waals surface area contributed by atoms with Crippen LogP contribution in [0.3, 0.4) is 0 Å². The van der Waals surface area contributed by atoms with Crippen LogP contribution in [-0.2, 0) is 6.18 Å². The third-order valence-electron chi connectivity index (χ3n) is 3.64. The predicted octanol–water partition coefficient (Wildman–Crippen LogP) is 2.86. The van der Waals surface area contributed by atoms with E-state index in [1.165, 1.54) is 11.0 Å². The van der Waals surface area contributed by atoms with Crippen LogP contribution >= 0.6 is 11.6 Å². The van der Waals surface area contributed by atoms with Crippen molar-refractivity contribution in [2.24, 2.45) is 0 Å². The van der Waals surface area contributed by atoms with Crippen LogP contribution in [0.1, 0.15) is 25.3 Å². The minimum Gasteiger partial charge on any atom is -0.331 e. The first-order valence-electron chi connectivity index (χ1n) is 7.31. The van der Waals surface area contributed by atoms with Gasteiger partial charge in [-0.15, -0.1) is 0 Å². The second kappa shape index (κ2) is 7.24. The van der Waals surface area contributed by atoms with Crippen molar-refractivity contribution in [3.8, 4) is 0 Å². The first-order chi connectivity index (χ1) is 10.4. The summed E-state index contributed by atoms with van der Waals surface area (Å²) in [7, 11) is 0. The number of halogens is 4. The molecule has 3 N–H and O–H groups in total. The van der Waals surface area contributed by atoms with Crippen molar-refractivity contribution >= 4 is 17.3 Å². The number of rotatable bonds is 5. The van der Waals surface area contributed by atoms with Gasteiger partial charge < -0.3 is 10.3 Å². The Hall–Kier alpha value is -1.40. The van der Waals surface area contributed by atoms with Gasteiger partial charge in [0.2, 0.25) is 0 Å². The number of hydrogen-bond donors (Lipinski definition) is 3.